The van der Waals surface area contributed by atoms with Gasteiger partial charge in [-0.2, -0.15) is 0 Å². The molecule has 0 spiro atoms. The minimum Gasteiger partial charge on any atom is -0.462 e. The van der Waals surface area contributed by atoms with E-state index in [-0.39, 0.29) is 31.1 Å². The Morgan fingerprint density at radius 2 is 0.518 bits per heavy atom. The Morgan fingerprint density at radius 3 is 0.768 bits per heavy atom. The van der Waals surface area contributed by atoms with Crippen molar-refractivity contribution in [2.75, 3.05) is 13.2 Å². The largest absolute Gasteiger partial charge is 0.462 e. The number of hydrogen-bond donors (Lipinski definition) is 0. The normalized spacial score (nSPS) is 12.2. The first-order chi connectivity index (χ1) is 27.1. The second-order valence-electron chi connectivity index (χ2n) is 18.5. The van der Waals surface area contributed by atoms with Crippen molar-refractivity contribution in [2.45, 2.75) is 272 Å². The standard InChI is InChI=1S/C50H96O6/c1-44(2)36-30-24-18-13-11-9-7-8-10-12-14-22-29-35-41-50(53)56-47(43-55-49(52)40-34-28-23-17-20-26-32-38-46(5)6)42-54-48(51)39-33-27-21-16-15-19-25-31-37-45(3)4/h44-47H,7-43H2,1-6H3/t47-/m0/s1. The Hall–Kier alpha value is -1.59. The van der Waals surface area contributed by atoms with Gasteiger partial charge < -0.3 is 14.2 Å². The van der Waals surface area contributed by atoms with Crippen LogP contribution in [0.3, 0.4) is 0 Å². The highest BCUT2D eigenvalue weighted by atomic mass is 16.6. The Labute approximate surface area is 348 Å². The number of carbonyl (C=O) groups is 3. The van der Waals surface area contributed by atoms with Crippen molar-refractivity contribution < 1.29 is 28.6 Å². The van der Waals surface area contributed by atoms with Crippen molar-refractivity contribution in [3.63, 3.8) is 0 Å². The lowest BCUT2D eigenvalue weighted by Crippen LogP contribution is -2.30. The number of rotatable bonds is 43. The van der Waals surface area contributed by atoms with E-state index in [9.17, 15) is 14.4 Å². The zero-order valence-electron chi connectivity index (χ0n) is 38.4. The fourth-order valence-corrected chi connectivity index (χ4v) is 7.41. The van der Waals surface area contributed by atoms with Crippen LogP contribution >= 0.6 is 0 Å². The van der Waals surface area contributed by atoms with Crippen LogP contribution in [0.1, 0.15) is 266 Å². The van der Waals surface area contributed by atoms with E-state index in [1.807, 2.05) is 0 Å². The molecule has 0 saturated heterocycles. The second kappa shape index (κ2) is 41.6. The van der Waals surface area contributed by atoms with Gasteiger partial charge in [0.05, 0.1) is 0 Å². The van der Waals surface area contributed by atoms with E-state index in [0.717, 1.165) is 75.5 Å². The van der Waals surface area contributed by atoms with Gasteiger partial charge in [0.1, 0.15) is 13.2 Å². The average Bonchev–Trinajstić information content (AvgIpc) is 3.15. The van der Waals surface area contributed by atoms with Crippen molar-refractivity contribution in [1.29, 1.82) is 0 Å². The fraction of sp³-hybridized carbons (Fsp3) is 0.940. The van der Waals surface area contributed by atoms with Crippen LogP contribution < -0.4 is 0 Å². The monoisotopic (exact) mass is 793 g/mol. The summed E-state index contributed by atoms with van der Waals surface area (Å²) >= 11 is 0. The molecule has 0 heterocycles. The summed E-state index contributed by atoms with van der Waals surface area (Å²) in [6, 6.07) is 0. The third-order valence-electron chi connectivity index (χ3n) is 11.1. The molecule has 0 radical (unpaired) electrons. The summed E-state index contributed by atoms with van der Waals surface area (Å²) in [4.78, 5) is 37.8. The number of unbranched alkanes of at least 4 members (excludes halogenated alkanes) is 26. The van der Waals surface area contributed by atoms with E-state index in [4.69, 9.17) is 14.2 Å². The van der Waals surface area contributed by atoms with Crippen LogP contribution in [0.15, 0.2) is 0 Å². The maximum atomic E-state index is 12.8. The lowest BCUT2D eigenvalue weighted by Gasteiger charge is -2.18. The molecular weight excluding hydrogens is 697 g/mol. The van der Waals surface area contributed by atoms with Crippen LogP contribution in [0.25, 0.3) is 0 Å². The number of carbonyl (C=O) groups excluding carboxylic acids is 3. The molecule has 0 saturated carbocycles. The van der Waals surface area contributed by atoms with Crippen LogP contribution in [-0.4, -0.2) is 37.2 Å². The third-order valence-corrected chi connectivity index (χ3v) is 11.1. The Balaban J connectivity index is 4.29. The molecule has 0 fully saturated rings. The lowest BCUT2D eigenvalue weighted by molar-refractivity contribution is -0.167. The molecule has 0 aromatic rings. The molecule has 0 aliphatic rings. The minimum atomic E-state index is -0.762. The zero-order chi connectivity index (χ0) is 41.3. The predicted molar refractivity (Wildman–Crippen MR) is 238 cm³/mol. The quantitative estimate of drug-likeness (QED) is 0.0348. The smallest absolute Gasteiger partial charge is 0.306 e. The van der Waals surface area contributed by atoms with Gasteiger partial charge in [-0.05, 0) is 37.0 Å². The number of esters is 3. The molecule has 0 aliphatic carbocycles. The summed E-state index contributed by atoms with van der Waals surface area (Å²) in [5.41, 5.74) is 0. The second-order valence-corrected chi connectivity index (χ2v) is 18.5. The first kappa shape index (κ1) is 54.4. The first-order valence-corrected chi connectivity index (χ1v) is 24.6. The molecule has 0 unspecified atom stereocenters. The summed E-state index contributed by atoms with van der Waals surface area (Å²) in [6.07, 6.45) is 39.6. The first-order valence-electron chi connectivity index (χ1n) is 24.6. The highest BCUT2D eigenvalue weighted by Gasteiger charge is 2.19. The van der Waals surface area contributed by atoms with E-state index < -0.39 is 6.10 Å². The molecule has 0 rings (SSSR count). The molecule has 6 nitrogen and oxygen atoms in total. The van der Waals surface area contributed by atoms with Gasteiger partial charge in [0.2, 0.25) is 0 Å². The maximum absolute atomic E-state index is 12.8. The van der Waals surface area contributed by atoms with Gasteiger partial charge in [-0.3, -0.25) is 14.4 Å². The summed E-state index contributed by atoms with van der Waals surface area (Å²) in [5.74, 6) is 1.56. The van der Waals surface area contributed by atoms with Crippen molar-refractivity contribution >= 4 is 17.9 Å². The Bertz CT molecular complexity index is 868. The molecule has 0 amide bonds. The molecule has 332 valence electrons. The van der Waals surface area contributed by atoms with Crippen LogP contribution in [0.2, 0.25) is 0 Å². The molecule has 0 bridgehead atoms. The van der Waals surface area contributed by atoms with Crippen molar-refractivity contribution in [1.82, 2.24) is 0 Å². The maximum Gasteiger partial charge on any atom is 0.306 e. The number of ether oxygens (including phenoxy) is 3. The van der Waals surface area contributed by atoms with Gasteiger partial charge in [0, 0.05) is 19.3 Å². The predicted octanol–water partition coefficient (Wildman–Crippen LogP) is 15.6. The minimum absolute atomic E-state index is 0.0661. The van der Waals surface area contributed by atoms with Gasteiger partial charge in [-0.25, -0.2) is 0 Å². The molecule has 0 aromatic heterocycles. The topological polar surface area (TPSA) is 78.9 Å². The molecule has 0 N–H and O–H groups in total. The summed E-state index contributed by atoms with van der Waals surface area (Å²) in [5, 5.41) is 0. The zero-order valence-corrected chi connectivity index (χ0v) is 38.4. The SMILES string of the molecule is CC(C)CCCCCCCCCCCCCCCCC(=O)O[C@@H](COC(=O)CCCCCCCCCCC(C)C)COC(=O)CCCCCCCCCC(C)C. The van der Waals surface area contributed by atoms with Crippen LogP contribution in [0, 0.1) is 17.8 Å². The van der Waals surface area contributed by atoms with E-state index in [2.05, 4.69) is 41.5 Å². The summed E-state index contributed by atoms with van der Waals surface area (Å²) in [7, 11) is 0. The molecular formula is C50H96O6. The molecule has 1 atom stereocenters. The van der Waals surface area contributed by atoms with Gasteiger partial charge >= 0.3 is 17.9 Å². The molecule has 56 heavy (non-hydrogen) atoms. The summed E-state index contributed by atoms with van der Waals surface area (Å²) < 4.78 is 16.7. The van der Waals surface area contributed by atoms with Gasteiger partial charge in [-0.15, -0.1) is 0 Å². The number of hydrogen-bond acceptors (Lipinski definition) is 6. The Morgan fingerprint density at radius 1 is 0.304 bits per heavy atom. The van der Waals surface area contributed by atoms with Crippen molar-refractivity contribution in [3.8, 4) is 0 Å². The van der Waals surface area contributed by atoms with E-state index in [1.54, 1.807) is 0 Å². The van der Waals surface area contributed by atoms with Crippen LogP contribution in [-0.2, 0) is 28.6 Å². The van der Waals surface area contributed by atoms with E-state index in [0.29, 0.717) is 19.3 Å². The lowest BCUT2D eigenvalue weighted by atomic mass is 10.0. The van der Waals surface area contributed by atoms with Gasteiger partial charge in [0.15, 0.2) is 6.10 Å². The molecule has 6 heteroatoms. The van der Waals surface area contributed by atoms with Gasteiger partial charge in [0.25, 0.3) is 0 Å². The van der Waals surface area contributed by atoms with Crippen LogP contribution in [0.5, 0.6) is 0 Å². The van der Waals surface area contributed by atoms with Crippen molar-refractivity contribution in [3.05, 3.63) is 0 Å². The van der Waals surface area contributed by atoms with Crippen molar-refractivity contribution in [2.24, 2.45) is 17.8 Å². The molecule has 0 aromatic carbocycles. The highest BCUT2D eigenvalue weighted by Crippen LogP contribution is 2.17. The van der Waals surface area contributed by atoms with Gasteiger partial charge in [-0.1, -0.05) is 228 Å². The summed E-state index contributed by atoms with van der Waals surface area (Å²) in [6.45, 7) is 13.6. The van der Waals surface area contributed by atoms with E-state index in [1.165, 1.54) is 148 Å². The van der Waals surface area contributed by atoms with E-state index >= 15 is 0 Å². The average molecular weight is 793 g/mol. The molecule has 0 aliphatic heterocycles. The fourth-order valence-electron chi connectivity index (χ4n) is 7.41. The highest BCUT2D eigenvalue weighted by molar-refractivity contribution is 5.71. The third kappa shape index (κ3) is 43.5. The Kier molecular flexibility index (Phi) is 40.4. The van der Waals surface area contributed by atoms with Crippen LogP contribution in [0.4, 0.5) is 0 Å².